The van der Waals surface area contributed by atoms with Crippen molar-refractivity contribution < 1.29 is 14.6 Å². The number of thiophene rings is 1. The molecule has 0 aliphatic heterocycles. The molecule has 1 heterocycles. The third-order valence-electron chi connectivity index (χ3n) is 2.69. The van der Waals surface area contributed by atoms with Crippen molar-refractivity contribution in [3.8, 4) is 0 Å². The maximum Gasteiger partial charge on any atom is 0.220 e. The Balaban J connectivity index is 2.20. The molecule has 1 atom stereocenters. The van der Waals surface area contributed by atoms with E-state index < -0.39 is 5.60 Å². The predicted octanol–water partition coefficient (Wildman–Crippen LogP) is 1.58. The fourth-order valence-electron chi connectivity index (χ4n) is 1.48. The van der Waals surface area contributed by atoms with E-state index in [0.29, 0.717) is 19.4 Å². The van der Waals surface area contributed by atoms with Crippen LogP contribution in [-0.4, -0.2) is 36.9 Å². The molecule has 5 heteroatoms. The van der Waals surface area contributed by atoms with Gasteiger partial charge in [0, 0.05) is 38.0 Å². The van der Waals surface area contributed by atoms with Crippen LogP contribution in [0.5, 0.6) is 0 Å². The molecule has 1 aromatic heterocycles. The van der Waals surface area contributed by atoms with Crippen LogP contribution >= 0.6 is 11.3 Å². The van der Waals surface area contributed by atoms with E-state index in [0.717, 1.165) is 6.42 Å². The molecule has 4 nitrogen and oxygen atoms in total. The van der Waals surface area contributed by atoms with Gasteiger partial charge in [0.2, 0.25) is 5.91 Å². The van der Waals surface area contributed by atoms with Gasteiger partial charge in [-0.25, -0.2) is 0 Å². The zero-order valence-electron chi connectivity index (χ0n) is 10.9. The maximum atomic E-state index is 11.6. The first-order valence-electron chi connectivity index (χ1n) is 6.04. The van der Waals surface area contributed by atoms with E-state index in [2.05, 4.69) is 5.32 Å². The molecule has 1 unspecified atom stereocenters. The molecule has 2 N–H and O–H groups in total. The van der Waals surface area contributed by atoms with Crippen molar-refractivity contribution in [2.24, 2.45) is 0 Å². The van der Waals surface area contributed by atoms with E-state index in [-0.39, 0.29) is 12.5 Å². The lowest BCUT2D eigenvalue weighted by molar-refractivity contribution is -0.122. The van der Waals surface area contributed by atoms with E-state index in [1.165, 1.54) is 4.88 Å². The Morgan fingerprint density at radius 3 is 3.00 bits per heavy atom. The summed E-state index contributed by atoms with van der Waals surface area (Å²) in [6.45, 7) is 2.45. The smallest absolute Gasteiger partial charge is 0.220 e. The number of methoxy groups -OCH3 is 1. The fraction of sp³-hybridized carbons (Fsp3) is 0.615. The summed E-state index contributed by atoms with van der Waals surface area (Å²) in [5, 5.41) is 14.7. The molecule has 1 aromatic rings. The number of aryl methyl sites for hydroxylation is 1. The van der Waals surface area contributed by atoms with Crippen molar-refractivity contribution in [3.05, 3.63) is 22.4 Å². The molecule has 0 radical (unpaired) electrons. The molecule has 1 amide bonds. The number of carbonyl (C=O) groups is 1. The van der Waals surface area contributed by atoms with Gasteiger partial charge in [0.25, 0.3) is 0 Å². The van der Waals surface area contributed by atoms with Crippen LogP contribution in [0.15, 0.2) is 17.5 Å². The summed E-state index contributed by atoms with van der Waals surface area (Å²) in [6, 6.07) is 4.00. The van der Waals surface area contributed by atoms with Gasteiger partial charge in [-0.15, -0.1) is 11.3 Å². The monoisotopic (exact) mass is 271 g/mol. The van der Waals surface area contributed by atoms with Crippen LogP contribution in [-0.2, 0) is 16.0 Å². The number of carbonyl (C=O) groups excluding carboxylic acids is 1. The lowest BCUT2D eigenvalue weighted by atomic mass is 10.0. The van der Waals surface area contributed by atoms with Gasteiger partial charge in [-0.2, -0.15) is 0 Å². The van der Waals surface area contributed by atoms with E-state index in [9.17, 15) is 9.90 Å². The molecule has 0 fully saturated rings. The Hall–Kier alpha value is -0.910. The van der Waals surface area contributed by atoms with Crippen LogP contribution in [0.25, 0.3) is 0 Å². The molecule has 0 spiro atoms. The first-order valence-corrected chi connectivity index (χ1v) is 6.92. The second kappa shape index (κ2) is 7.51. The van der Waals surface area contributed by atoms with Crippen molar-refractivity contribution in [2.45, 2.75) is 31.8 Å². The third kappa shape index (κ3) is 6.14. The minimum atomic E-state index is -0.908. The van der Waals surface area contributed by atoms with E-state index in [4.69, 9.17) is 4.74 Å². The minimum Gasteiger partial charge on any atom is -0.388 e. The molecule has 18 heavy (non-hydrogen) atoms. The van der Waals surface area contributed by atoms with Crippen LogP contribution in [0.2, 0.25) is 0 Å². The molecule has 0 aliphatic carbocycles. The van der Waals surface area contributed by atoms with Gasteiger partial charge in [-0.05, 0) is 24.8 Å². The number of rotatable bonds is 8. The van der Waals surface area contributed by atoms with Gasteiger partial charge >= 0.3 is 0 Å². The summed E-state index contributed by atoms with van der Waals surface area (Å²) in [5.41, 5.74) is -0.908. The van der Waals surface area contributed by atoms with Crippen LogP contribution in [0.3, 0.4) is 0 Å². The summed E-state index contributed by atoms with van der Waals surface area (Å²) < 4.78 is 4.91. The highest BCUT2D eigenvalue weighted by Crippen LogP contribution is 2.11. The average Bonchev–Trinajstić information content (AvgIpc) is 2.84. The standard InChI is InChI=1S/C13H21NO3S/c1-13(16,7-8-17-2)10-14-12(15)6-5-11-4-3-9-18-11/h3-4,9,16H,5-8,10H2,1-2H3,(H,14,15). The highest BCUT2D eigenvalue weighted by molar-refractivity contribution is 7.09. The molecule has 1 rings (SSSR count). The molecule has 0 saturated heterocycles. The Morgan fingerprint density at radius 1 is 1.61 bits per heavy atom. The number of aliphatic hydroxyl groups is 1. The second-order valence-corrected chi connectivity index (χ2v) is 5.63. The van der Waals surface area contributed by atoms with Crippen molar-refractivity contribution in [3.63, 3.8) is 0 Å². The molecular formula is C13H21NO3S. The normalized spacial score (nSPS) is 14.2. The maximum absolute atomic E-state index is 11.6. The lowest BCUT2D eigenvalue weighted by Crippen LogP contribution is -2.41. The molecule has 0 aromatic carbocycles. The highest BCUT2D eigenvalue weighted by Gasteiger charge is 2.20. The topological polar surface area (TPSA) is 58.6 Å². The fourth-order valence-corrected chi connectivity index (χ4v) is 2.19. The molecular weight excluding hydrogens is 250 g/mol. The average molecular weight is 271 g/mol. The van der Waals surface area contributed by atoms with Crippen molar-refractivity contribution >= 4 is 17.2 Å². The SMILES string of the molecule is COCCC(C)(O)CNC(=O)CCc1cccs1. The number of amides is 1. The minimum absolute atomic E-state index is 0.0268. The van der Waals surface area contributed by atoms with Gasteiger partial charge in [0.1, 0.15) is 0 Å². The Morgan fingerprint density at radius 2 is 2.39 bits per heavy atom. The number of nitrogens with one attached hydrogen (secondary N) is 1. The van der Waals surface area contributed by atoms with E-state index >= 15 is 0 Å². The number of ether oxygens (including phenoxy) is 1. The van der Waals surface area contributed by atoms with Gasteiger partial charge < -0.3 is 15.2 Å². The highest BCUT2D eigenvalue weighted by atomic mass is 32.1. The molecule has 102 valence electrons. The molecule has 0 saturated carbocycles. The summed E-state index contributed by atoms with van der Waals surface area (Å²) in [4.78, 5) is 12.8. The summed E-state index contributed by atoms with van der Waals surface area (Å²) >= 11 is 1.65. The Bertz CT molecular complexity index is 349. The van der Waals surface area contributed by atoms with Crippen LogP contribution in [0.1, 0.15) is 24.6 Å². The second-order valence-electron chi connectivity index (χ2n) is 4.60. The van der Waals surface area contributed by atoms with Crippen molar-refractivity contribution in [1.82, 2.24) is 5.32 Å². The van der Waals surface area contributed by atoms with Gasteiger partial charge in [-0.1, -0.05) is 6.07 Å². The Kier molecular flexibility index (Phi) is 6.32. The quantitative estimate of drug-likeness (QED) is 0.755. The first kappa shape index (κ1) is 15.1. The molecule has 0 aliphatic rings. The summed E-state index contributed by atoms with van der Waals surface area (Å²) in [7, 11) is 1.59. The van der Waals surface area contributed by atoms with Crippen LogP contribution in [0, 0.1) is 0 Å². The van der Waals surface area contributed by atoms with E-state index in [1.807, 2.05) is 17.5 Å². The van der Waals surface area contributed by atoms with Crippen LogP contribution in [0.4, 0.5) is 0 Å². The predicted molar refractivity (Wildman–Crippen MR) is 72.8 cm³/mol. The number of hydrogen-bond donors (Lipinski definition) is 2. The van der Waals surface area contributed by atoms with Crippen molar-refractivity contribution in [1.29, 1.82) is 0 Å². The number of hydrogen-bond acceptors (Lipinski definition) is 4. The van der Waals surface area contributed by atoms with Gasteiger partial charge in [0.15, 0.2) is 0 Å². The summed E-state index contributed by atoms with van der Waals surface area (Å²) in [6.07, 6.45) is 1.72. The largest absolute Gasteiger partial charge is 0.388 e. The van der Waals surface area contributed by atoms with Crippen LogP contribution < -0.4 is 5.32 Å². The van der Waals surface area contributed by atoms with Gasteiger partial charge in [0.05, 0.1) is 5.60 Å². The zero-order valence-corrected chi connectivity index (χ0v) is 11.8. The molecule has 0 bridgehead atoms. The zero-order chi connectivity index (χ0) is 13.4. The van der Waals surface area contributed by atoms with E-state index in [1.54, 1.807) is 25.4 Å². The van der Waals surface area contributed by atoms with Gasteiger partial charge in [-0.3, -0.25) is 4.79 Å². The third-order valence-corrected chi connectivity index (χ3v) is 3.63. The first-order chi connectivity index (χ1) is 8.53. The summed E-state index contributed by atoms with van der Waals surface area (Å²) in [5.74, 6) is -0.0268. The lowest BCUT2D eigenvalue weighted by Gasteiger charge is -2.23. The Labute approximate surface area is 112 Å². The van der Waals surface area contributed by atoms with Crippen molar-refractivity contribution in [2.75, 3.05) is 20.3 Å².